The number of ether oxygens (including phenoxy) is 2. The van der Waals surface area contributed by atoms with Crippen molar-refractivity contribution >= 4 is 5.82 Å². The van der Waals surface area contributed by atoms with Crippen LogP contribution in [-0.2, 0) is 4.74 Å². The number of piperidine rings is 1. The van der Waals surface area contributed by atoms with Crippen LogP contribution in [0.5, 0.6) is 5.75 Å². The van der Waals surface area contributed by atoms with Crippen LogP contribution in [0.1, 0.15) is 12.8 Å². The van der Waals surface area contributed by atoms with E-state index in [1.807, 2.05) is 0 Å². The molecule has 1 aromatic rings. The number of hydrogen-bond acceptors (Lipinski definition) is 6. The van der Waals surface area contributed by atoms with Gasteiger partial charge in [-0.2, -0.15) is 0 Å². The van der Waals surface area contributed by atoms with E-state index in [4.69, 9.17) is 15.2 Å². The average molecular weight is 268 g/mol. The molecule has 1 aromatic heterocycles. The standard InChI is InChI=1S/C12H20N4O3/c1-18-10-11(14-8-15-12(10)17)16-5-2-9(3-6-16)19-7-4-13/h8-9H,2-7,13H2,1H3,(H,14,15,17). The number of H-pyrrole nitrogens is 1. The summed E-state index contributed by atoms with van der Waals surface area (Å²) in [5.74, 6) is 0.868. The molecule has 0 spiro atoms. The Balaban J connectivity index is 2.02. The summed E-state index contributed by atoms with van der Waals surface area (Å²) in [5, 5.41) is 0. The molecule has 19 heavy (non-hydrogen) atoms. The molecule has 1 aliphatic rings. The minimum absolute atomic E-state index is 0.243. The van der Waals surface area contributed by atoms with Crippen LogP contribution in [0.15, 0.2) is 11.1 Å². The monoisotopic (exact) mass is 268 g/mol. The Morgan fingerprint density at radius 2 is 2.26 bits per heavy atom. The molecule has 0 saturated carbocycles. The van der Waals surface area contributed by atoms with Crippen LogP contribution < -0.4 is 20.9 Å². The van der Waals surface area contributed by atoms with Crippen LogP contribution in [0.2, 0.25) is 0 Å². The van der Waals surface area contributed by atoms with Gasteiger partial charge in [-0.3, -0.25) is 4.79 Å². The third-order valence-electron chi connectivity index (χ3n) is 3.21. The molecule has 7 heteroatoms. The fourth-order valence-corrected chi connectivity index (χ4v) is 2.26. The Morgan fingerprint density at radius 3 is 2.89 bits per heavy atom. The minimum atomic E-state index is -0.256. The lowest BCUT2D eigenvalue weighted by molar-refractivity contribution is 0.0420. The van der Waals surface area contributed by atoms with Crippen LogP contribution in [0.4, 0.5) is 5.82 Å². The topological polar surface area (TPSA) is 93.5 Å². The number of anilines is 1. The molecular weight excluding hydrogens is 248 g/mol. The zero-order valence-electron chi connectivity index (χ0n) is 11.1. The first kappa shape index (κ1) is 13.8. The summed E-state index contributed by atoms with van der Waals surface area (Å²) >= 11 is 0. The van der Waals surface area contributed by atoms with Crippen LogP contribution >= 0.6 is 0 Å². The second-order valence-electron chi connectivity index (χ2n) is 4.43. The summed E-state index contributed by atoms with van der Waals surface area (Å²) in [7, 11) is 1.48. The van der Waals surface area contributed by atoms with E-state index < -0.39 is 0 Å². The smallest absolute Gasteiger partial charge is 0.295 e. The molecule has 1 aliphatic heterocycles. The first-order valence-corrected chi connectivity index (χ1v) is 6.44. The number of aromatic nitrogens is 2. The minimum Gasteiger partial charge on any atom is -0.489 e. The summed E-state index contributed by atoms with van der Waals surface area (Å²) in [4.78, 5) is 20.4. The van der Waals surface area contributed by atoms with Crippen LogP contribution in [0.3, 0.4) is 0 Å². The lowest BCUT2D eigenvalue weighted by Gasteiger charge is -2.32. The Kier molecular flexibility index (Phi) is 4.75. The van der Waals surface area contributed by atoms with Crippen LogP contribution in [0, 0.1) is 0 Å². The van der Waals surface area contributed by atoms with Gasteiger partial charge in [-0.05, 0) is 12.8 Å². The highest BCUT2D eigenvalue weighted by Gasteiger charge is 2.23. The van der Waals surface area contributed by atoms with Crippen molar-refractivity contribution in [2.45, 2.75) is 18.9 Å². The van der Waals surface area contributed by atoms with E-state index in [0.717, 1.165) is 25.9 Å². The number of methoxy groups -OCH3 is 1. The zero-order valence-corrected chi connectivity index (χ0v) is 11.1. The van der Waals surface area contributed by atoms with E-state index in [1.54, 1.807) is 0 Å². The number of nitrogens with one attached hydrogen (secondary N) is 1. The van der Waals surface area contributed by atoms with Gasteiger partial charge in [0, 0.05) is 19.6 Å². The van der Waals surface area contributed by atoms with E-state index in [-0.39, 0.29) is 17.4 Å². The molecule has 0 unspecified atom stereocenters. The molecule has 0 amide bonds. The second kappa shape index (κ2) is 6.53. The molecule has 0 radical (unpaired) electrons. The zero-order chi connectivity index (χ0) is 13.7. The van der Waals surface area contributed by atoms with Crippen molar-refractivity contribution in [3.8, 4) is 5.75 Å². The van der Waals surface area contributed by atoms with Crippen molar-refractivity contribution in [1.82, 2.24) is 9.97 Å². The van der Waals surface area contributed by atoms with Gasteiger partial charge in [0.2, 0.25) is 5.75 Å². The van der Waals surface area contributed by atoms with Gasteiger partial charge in [0.15, 0.2) is 5.82 Å². The maximum Gasteiger partial charge on any atom is 0.295 e. The summed E-state index contributed by atoms with van der Waals surface area (Å²) < 4.78 is 10.8. The van der Waals surface area contributed by atoms with Crippen molar-refractivity contribution in [3.63, 3.8) is 0 Å². The molecule has 0 aliphatic carbocycles. The van der Waals surface area contributed by atoms with Gasteiger partial charge in [-0.25, -0.2) is 4.98 Å². The third kappa shape index (κ3) is 3.24. The summed E-state index contributed by atoms with van der Waals surface area (Å²) in [6, 6.07) is 0. The highest BCUT2D eigenvalue weighted by molar-refractivity contribution is 5.50. The number of hydrogen-bond donors (Lipinski definition) is 2. The van der Waals surface area contributed by atoms with Crippen molar-refractivity contribution in [2.75, 3.05) is 38.3 Å². The number of rotatable bonds is 5. The lowest BCUT2D eigenvalue weighted by atomic mass is 10.1. The van der Waals surface area contributed by atoms with Gasteiger partial charge in [-0.1, -0.05) is 0 Å². The van der Waals surface area contributed by atoms with Crippen LogP contribution in [0.25, 0.3) is 0 Å². The van der Waals surface area contributed by atoms with E-state index in [1.165, 1.54) is 13.4 Å². The molecule has 2 rings (SSSR count). The Morgan fingerprint density at radius 1 is 1.53 bits per heavy atom. The maximum absolute atomic E-state index is 11.6. The molecular formula is C12H20N4O3. The fraction of sp³-hybridized carbons (Fsp3) is 0.667. The van der Waals surface area contributed by atoms with Crippen LogP contribution in [-0.4, -0.2) is 49.4 Å². The van der Waals surface area contributed by atoms with Gasteiger partial charge >= 0.3 is 0 Å². The third-order valence-corrected chi connectivity index (χ3v) is 3.21. The predicted octanol–water partition coefficient (Wildman–Crippen LogP) is -0.277. The molecule has 2 heterocycles. The molecule has 1 saturated heterocycles. The highest BCUT2D eigenvalue weighted by atomic mass is 16.5. The van der Waals surface area contributed by atoms with Crippen molar-refractivity contribution < 1.29 is 9.47 Å². The van der Waals surface area contributed by atoms with E-state index in [0.29, 0.717) is 19.0 Å². The summed E-state index contributed by atoms with van der Waals surface area (Å²) in [5.41, 5.74) is 5.16. The van der Waals surface area contributed by atoms with E-state index >= 15 is 0 Å². The molecule has 0 bridgehead atoms. The number of nitrogens with two attached hydrogens (primary N) is 1. The molecule has 106 valence electrons. The molecule has 0 atom stereocenters. The van der Waals surface area contributed by atoms with Gasteiger partial charge < -0.3 is 25.1 Å². The Labute approximate surface area is 111 Å². The van der Waals surface area contributed by atoms with E-state index in [9.17, 15) is 4.79 Å². The SMILES string of the molecule is COc1c(N2CCC(OCCN)CC2)nc[nH]c1=O. The van der Waals surface area contributed by atoms with Gasteiger partial charge in [0.05, 0.1) is 26.1 Å². The lowest BCUT2D eigenvalue weighted by Crippen LogP contribution is -2.38. The quantitative estimate of drug-likeness (QED) is 0.763. The number of nitrogens with zero attached hydrogens (tertiary/aromatic N) is 2. The predicted molar refractivity (Wildman–Crippen MR) is 71.7 cm³/mol. The molecule has 0 aromatic carbocycles. The number of aromatic amines is 1. The molecule has 1 fully saturated rings. The Hall–Kier alpha value is -1.60. The second-order valence-corrected chi connectivity index (χ2v) is 4.43. The fourth-order valence-electron chi connectivity index (χ4n) is 2.26. The van der Waals surface area contributed by atoms with Gasteiger partial charge in [0.25, 0.3) is 5.56 Å². The van der Waals surface area contributed by atoms with Crippen molar-refractivity contribution in [2.24, 2.45) is 5.73 Å². The first-order chi connectivity index (χ1) is 9.26. The largest absolute Gasteiger partial charge is 0.489 e. The summed E-state index contributed by atoms with van der Waals surface area (Å²) in [6.07, 6.45) is 3.44. The normalized spacial score (nSPS) is 16.6. The maximum atomic E-state index is 11.6. The molecule has 3 N–H and O–H groups in total. The van der Waals surface area contributed by atoms with Gasteiger partial charge in [0.1, 0.15) is 0 Å². The van der Waals surface area contributed by atoms with Gasteiger partial charge in [-0.15, -0.1) is 0 Å². The summed E-state index contributed by atoms with van der Waals surface area (Å²) in [6.45, 7) is 2.73. The molecule has 7 nitrogen and oxygen atoms in total. The average Bonchev–Trinajstić information content (AvgIpc) is 2.45. The first-order valence-electron chi connectivity index (χ1n) is 6.44. The van der Waals surface area contributed by atoms with Crippen molar-refractivity contribution in [1.29, 1.82) is 0 Å². The Bertz CT molecular complexity index is 455. The highest BCUT2D eigenvalue weighted by Crippen LogP contribution is 2.24. The van der Waals surface area contributed by atoms with E-state index in [2.05, 4.69) is 14.9 Å². The van der Waals surface area contributed by atoms with Crippen molar-refractivity contribution in [3.05, 3.63) is 16.7 Å².